The number of para-hydroxylation sites is 1. The molecular formula is C36H35N3O8. The average molecular weight is 638 g/mol. The molecular weight excluding hydrogens is 602 g/mol. The molecule has 0 aromatic heterocycles. The fourth-order valence-electron chi connectivity index (χ4n) is 5.44. The van der Waals surface area contributed by atoms with E-state index in [2.05, 4.69) is 5.32 Å². The lowest BCUT2D eigenvalue weighted by atomic mass is 10.0. The van der Waals surface area contributed by atoms with Gasteiger partial charge in [-0.05, 0) is 54.4 Å². The molecule has 5 rings (SSSR count). The predicted molar refractivity (Wildman–Crippen MR) is 175 cm³/mol. The number of carbonyl (C=O) groups is 4. The molecule has 11 heteroatoms. The van der Waals surface area contributed by atoms with Crippen LogP contribution in [0.1, 0.15) is 33.1 Å². The van der Waals surface area contributed by atoms with E-state index in [-0.39, 0.29) is 12.1 Å². The van der Waals surface area contributed by atoms with E-state index < -0.39 is 36.1 Å². The first kappa shape index (κ1) is 32.6. The molecule has 0 bridgehead atoms. The summed E-state index contributed by atoms with van der Waals surface area (Å²) in [7, 11) is 5.96. The number of rotatable bonds is 12. The molecule has 0 saturated heterocycles. The molecule has 0 saturated carbocycles. The molecule has 0 aliphatic carbocycles. The molecule has 47 heavy (non-hydrogen) atoms. The number of Topliss-reactive ketones (excluding diaryl/α,β-unsaturated/α-hetero) is 1. The van der Waals surface area contributed by atoms with Gasteiger partial charge < -0.3 is 29.2 Å². The molecule has 3 amide bonds. The summed E-state index contributed by atoms with van der Waals surface area (Å²) in [6.45, 7) is 1.47. The van der Waals surface area contributed by atoms with Gasteiger partial charge in [-0.15, -0.1) is 0 Å². The van der Waals surface area contributed by atoms with E-state index in [0.717, 1.165) is 16.0 Å². The zero-order chi connectivity index (χ0) is 33.7. The van der Waals surface area contributed by atoms with Crippen molar-refractivity contribution in [2.75, 3.05) is 45.2 Å². The molecule has 1 N–H and O–H groups in total. The van der Waals surface area contributed by atoms with E-state index >= 15 is 0 Å². The van der Waals surface area contributed by atoms with E-state index in [1.165, 1.54) is 33.3 Å². The topological polar surface area (TPSA) is 124 Å². The number of nitrogens with one attached hydrogen (secondary N) is 1. The molecule has 4 aromatic carbocycles. The second kappa shape index (κ2) is 14.1. The van der Waals surface area contributed by atoms with Crippen molar-refractivity contribution < 1.29 is 38.1 Å². The number of benzene rings is 4. The quantitative estimate of drug-likeness (QED) is 0.216. The van der Waals surface area contributed by atoms with Crippen LogP contribution in [-0.4, -0.2) is 63.4 Å². The Morgan fingerprint density at radius 2 is 1.49 bits per heavy atom. The number of amides is 3. The molecule has 4 aromatic rings. The summed E-state index contributed by atoms with van der Waals surface area (Å²) in [6.07, 6.45) is 0. The lowest BCUT2D eigenvalue weighted by Crippen LogP contribution is -2.46. The molecule has 1 unspecified atom stereocenters. The summed E-state index contributed by atoms with van der Waals surface area (Å²) < 4.78 is 21.8. The van der Waals surface area contributed by atoms with Crippen LogP contribution in [0.4, 0.5) is 11.4 Å². The van der Waals surface area contributed by atoms with Crippen molar-refractivity contribution in [3.8, 4) is 23.0 Å². The van der Waals surface area contributed by atoms with Crippen molar-refractivity contribution in [1.29, 1.82) is 0 Å². The first-order valence-corrected chi connectivity index (χ1v) is 14.7. The standard InChI is InChI=1S/C36H35N3O8/c1-22-10-12-23(13-11-22)20-39(32(40)21-38-28-9-7-6-8-26(28)34(41)36(38)43)33(24-14-17-29(45-3)31(18-24)47-5)35(42)37-27-16-15-25(44-2)19-30(27)46-4/h6-19,33H,20-21H2,1-5H3,(H,37,42). The number of nitrogens with zero attached hydrogens (tertiary/aromatic N) is 2. The highest BCUT2D eigenvalue weighted by Crippen LogP contribution is 2.36. The van der Waals surface area contributed by atoms with Crippen molar-refractivity contribution >= 4 is 34.9 Å². The number of hydrogen-bond donors (Lipinski definition) is 1. The molecule has 1 aliphatic heterocycles. The number of aryl methyl sites for hydroxylation is 1. The Morgan fingerprint density at radius 3 is 2.17 bits per heavy atom. The zero-order valence-electron chi connectivity index (χ0n) is 26.7. The van der Waals surface area contributed by atoms with Crippen LogP contribution < -0.4 is 29.2 Å². The summed E-state index contributed by atoms with van der Waals surface area (Å²) in [5, 5.41) is 2.91. The van der Waals surface area contributed by atoms with Crippen LogP contribution in [0.5, 0.6) is 23.0 Å². The van der Waals surface area contributed by atoms with Gasteiger partial charge >= 0.3 is 0 Å². The molecule has 1 atom stereocenters. The van der Waals surface area contributed by atoms with Gasteiger partial charge in [-0.3, -0.25) is 24.1 Å². The van der Waals surface area contributed by atoms with Crippen LogP contribution in [0.25, 0.3) is 0 Å². The highest BCUT2D eigenvalue weighted by atomic mass is 16.5. The third kappa shape index (κ3) is 6.74. The molecule has 1 aliphatic rings. The second-order valence-corrected chi connectivity index (χ2v) is 10.8. The van der Waals surface area contributed by atoms with E-state index in [4.69, 9.17) is 18.9 Å². The fraction of sp³-hybridized carbons (Fsp3) is 0.222. The van der Waals surface area contributed by atoms with Crippen molar-refractivity contribution in [2.45, 2.75) is 19.5 Å². The van der Waals surface area contributed by atoms with Crippen LogP contribution in [0.3, 0.4) is 0 Å². The van der Waals surface area contributed by atoms with E-state index in [9.17, 15) is 19.2 Å². The predicted octanol–water partition coefficient (Wildman–Crippen LogP) is 4.97. The number of anilines is 2. The van der Waals surface area contributed by atoms with Crippen LogP contribution in [0.2, 0.25) is 0 Å². The molecule has 1 heterocycles. The summed E-state index contributed by atoms with van der Waals surface area (Å²) in [5.74, 6) is -0.992. The van der Waals surface area contributed by atoms with Crippen molar-refractivity contribution in [1.82, 2.24) is 4.90 Å². The number of fused-ring (bicyclic) bond motifs is 1. The minimum Gasteiger partial charge on any atom is -0.497 e. The van der Waals surface area contributed by atoms with E-state index in [1.54, 1.807) is 60.7 Å². The van der Waals surface area contributed by atoms with Gasteiger partial charge in [0.1, 0.15) is 24.1 Å². The summed E-state index contributed by atoms with van der Waals surface area (Å²) in [6, 6.07) is 22.7. The van der Waals surface area contributed by atoms with Gasteiger partial charge in [-0.2, -0.15) is 0 Å². The minimum absolute atomic E-state index is 0.00289. The van der Waals surface area contributed by atoms with Crippen LogP contribution in [-0.2, 0) is 20.9 Å². The van der Waals surface area contributed by atoms with Crippen molar-refractivity contribution in [2.24, 2.45) is 0 Å². The maximum atomic E-state index is 14.4. The molecule has 0 fully saturated rings. The fourth-order valence-corrected chi connectivity index (χ4v) is 5.44. The highest BCUT2D eigenvalue weighted by Gasteiger charge is 2.39. The van der Waals surface area contributed by atoms with Gasteiger partial charge in [-0.1, -0.05) is 48.0 Å². The highest BCUT2D eigenvalue weighted by molar-refractivity contribution is 6.52. The third-order valence-corrected chi connectivity index (χ3v) is 7.92. The third-order valence-electron chi connectivity index (χ3n) is 7.92. The molecule has 0 radical (unpaired) electrons. The number of hydrogen-bond acceptors (Lipinski definition) is 8. The van der Waals surface area contributed by atoms with Gasteiger partial charge in [0.2, 0.25) is 5.91 Å². The normalized spacial score (nSPS) is 12.7. The monoisotopic (exact) mass is 637 g/mol. The number of methoxy groups -OCH3 is 4. The minimum atomic E-state index is -1.24. The summed E-state index contributed by atoms with van der Waals surface area (Å²) in [5.41, 5.74) is 3.08. The summed E-state index contributed by atoms with van der Waals surface area (Å²) in [4.78, 5) is 57.2. The largest absolute Gasteiger partial charge is 0.497 e. The van der Waals surface area contributed by atoms with Crippen LogP contribution in [0, 0.1) is 6.92 Å². The average Bonchev–Trinajstić information content (AvgIpc) is 3.33. The summed E-state index contributed by atoms with van der Waals surface area (Å²) >= 11 is 0. The zero-order valence-corrected chi connectivity index (χ0v) is 26.7. The Morgan fingerprint density at radius 1 is 0.787 bits per heavy atom. The first-order valence-electron chi connectivity index (χ1n) is 14.7. The Labute approximate surface area is 272 Å². The first-order chi connectivity index (χ1) is 22.7. The second-order valence-electron chi connectivity index (χ2n) is 10.8. The van der Waals surface area contributed by atoms with E-state index in [0.29, 0.717) is 39.9 Å². The van der Waals surface area contributed by atoms with Gasteiger partial charge in [0.25, 0.3) is 17.6 Å². The Balaban J connectivity index is 1.61. The Bertz CT molecular complexity index is 1820. The maximum Gasteiger partial charge on any atom is 0.299 e. The molecule has 11 nitrogen and oxygen atoms in total. The number of carbonyl (C=O) groups excluding carboxylic acids is 4. The van der Waals surface area contributed by atoms with Crippen LogP contribution in [0.15, 0.2) is 84.9 Å². The van der Waals surface area contributed by atoms with Crippen molar-refractivity contribution in [3.05, 3.63) is 107 Å². The lowest BCUT2D eigenvalue weighted by Gasteiger charge is -2.33. The SMILES string of the molecule is COc1ccc(NC(=O)C(c2ccc(OC)c(OC)c2)N(Cc2ccc(C)cc2)C(=O)CN2C(=O)C(=O)c3ccccc32)c(OC)c1. The van der Waals surface area contributed by atoms with Crippen molar-refractivity contribution in [3.63, 3.8) is 0 Å². The lowest BCUT2D eigenvalue weighted by molar-refractivity contribution is -0.139. The van der Waals surface area contributed by atoms with Gasteiger partial charge in [0.15, 0.2) is 11.5 Å². The van der Waals surface area contributed by atoms with Gasteiger partial charge in [0, 0.05) is 12.6 Å². The number of ketones is 1. The Kier molecular flexibility index (Phi) is 9.74. The Hall–Kier alpha value is -5.84. The molecule has 0 spiro atoms. The van der Waals surface area contributed by atoms with E-state index in [1.807, 2.05) is 31.2 Å². The molecule has 242 valence electrons. The van der Waals surface area contributed by atoms with Crippen LogP contribution >= 0.6 is 0 Å². The van der Waals surface area contributed by atoms with Gasteiger partial charge in [0.05, 0.1) is 45.4 Å². The smallest absolute Gasteiger partial charge is 0.299 e. The number of ether oxygens (including phenoxy) is 4. The van der Waals surface area contributed by atoms with Gasteiger partial charge in [-0.25, -0.2) is 0 Å². The maximum absolute atomic E-state index is 14.4.